The Bertz CT molecular complexity index is 656. The van der Waals surface area contributed by atoms with Crippen LogP contribution in [0.3, 0.4) is 0 Å². The lowest BCUT2D eigenvalue weighted by Gasteiger charge is -2.17. The average Bonchev–Trinajstić information content (AvgIpc) is 2.43. The molecule has 0 aliphatic rings. The second-order valence-electron chi connectivity index (χ2n) is 5.52. The van der Waals surface area contributed by atoms with Gasteiger partial charge in [0.25, 0.3) is 0 Å². The smallest absolute Gasteiger partial charge is 0.422 e. The highest BCUT2D eigenvalue weighted by Crippen LogP contribution is 2.20. The Morgan fingerprint density at radius 1 is 1.25 bits per heavy atom. The Kier molecular flexibility index (Phi) is 6.61. The molecule has 0 spiro atoms. The Morgan fingerprint density at radius 3 is 2.21 bits per heavy atom. The van der Waals surface area contributed by atoms with Gasteiger partial charge >= 0.3 is 12.1 Å². The molecule has 0 heterocycles. The Morgan fingerprint density at radius 2 is 1.79 bits per heavy atom. The Balaban J connectivity index is 2.85. The molecule has 1 atom stereocenters. The van der Waals surface area contributed by atoms with Gasteiger partial charge in [-0.2, -0.15) is 17.9 Å². The zero-order valence-corrected chi connectivity index (χ0v) is 13.8. The molecule has 0 unspecified atom stereocenters. The van der Waals surface area contributed by atoms with Crippen LogP contribution in [0.4, 0.5) is 13.2 Å². The van der Waals surface area contributed by atoms with Crippen molar-refractivity contribution < 1.29 is 36.2 Å². The Labute approximate surface area is 137 Å². The van der Waals surface area contributed by atoms with E-state index in [2.05, 4.69) is 9.46 Å². The van der Waals surface area contributed by atoms with Crippen molar-refractivity contribution >= 4 is 16.0 Å². The third-order valence-electron chi connectivity index (χ3n) is 2.84. The Hall–Kier alpha value is -1.81. The highest BCUT2D eigenvalue weighted by molar-refractivity contribution is 7.89. The fraction of sp³-hybridized carbons (Fsp3) is 0.500. The molecule has 0 amide bonds. The monoisotopic (exact) mass is 369 g/mol. The second-order valence-corrected chi connectivity index (χ2v) is 7.23. The summed E-state index contributed by atoms with van der Waals surface area (Å²) in [4.78, 5) is 10.9. The zero-order chi connectivity index (χ0) is 18.5. The molecule has 6 nitrogen and oxygen atoms in total. The molecule has 136 valence electrons. The topological polar surface area (TPSA) is 92.7 Å². The van der Waals surface area contributed by atoms with E-state index >= 15 is 0 Å². The number of carbonyl (C=O) groups is 1. The van der Waals surface area contributed by atoms with Crippen molar-refractivity contribution in [2.24, 2.45) is 5.92 Å². The van der Waals surface area contributed by atoms with Gasteiger partial charge in [-0.3, -0.25) is 4.79 Å². The van der Waals surface area contributed by atoms with Crippen LogP contribution < -0.4 is 9.46 Å². The first-order valence-electron chi connectivity index (χ1n) is 6.95. The van der Waals surface area contributed by atoms with Crippen LogP contribution in [0, 0.1) is 5.92 Å². The lowest BCUT2D eigenvalue weighted by atomic mass is 10.1. The number of sulfonamides is 1. The van der Waals surface area contributed by atoms with Crippen molar-refractivity contribution in [3.8, 4) is 5.75 Å². The quantitative estimate of drug-likeness (QED) is 0.734. The molecule has 1 rings (SSSR count). The number of hydrogen-bond acceptors (Lipinski definition) is 4. The third-order valence-corrected chi connectivity index (χ3v) is 4.33. The minimum Gasteiger partial charge on any atom is -0.484 e. The minimum atomic E-state index is -4.50. The maximum atomic E-state index is 12.2. The molecule has 0 aliphatic carbocycles. The summed E-state index contributed by atoms with van der Waals surface area (Å²) in [6, 6.07) is 2.93. The standard InChI is InChI=1S/C14H18F3NO5S/c1-9(2)7-12(13(19)20)18-24(21,22)11-5-3-10(4-6-11)23-8-14(15,16)17/h3-6,9,12,18H,7-8H2,1-2H3,(H,19,20)/t12-/m0/s1. The molecular weight excluding hydrogens is 351 g/mol. The van der Waals surface area contributed by atoms with Crippen molar-refractivity contribution in [2.45, 2.75) is 37.4 Å². The second kappa shape index (κ2) is 7.84. The number of carboxylic acids is 1. The van der Waals surface area contributed by atoms with E-state index in [4.69, 9.17) is 5.11 Å². The van der Waals surface area contributed by atoms with Gasteiger partial charge in [0.2, 0.25) is 10.0 Å². The summed E-state index contributed by atoms with van der Waals surface area (Å²) in [5.74, 6) is -1.51. The van der Waals surface area contributed by atoms with E-state index in [0.717, 1.165) is 24.3 Å². The number of alkyl halides is 3. The van der Waals surface area contributed by atoms with E-state index < -0.39 is 34.8 Å². The SMILES string of the molecule is CC(C)C[C@H](NS(=O)(=O)c1ccc(OCC(F)(F)F)cc1)C(=O)O. The first kappa shape index (κ1) is 20.2. The van der Waals surface area contributed by atoms with Crippen molar-refractivity contribution in [1.29, 1.82) is 0 Å². The maximum absolute atomic E-state index is 12.2. The molecule has 0 saturated heterocycles. The molecular formula is C14H18F3NO5S. The molecule has 2 N–H and O–H groups in total. The van der Waals surface area contributed by atoms with Crippen molar-refractivity contribution in [1.82, 2.24) is 4.72 Å². The van der Waals surface area contributed by atoms with E-state index in [1.807, 2.05) is 0 Å². The normalized spacial score (nSPS) is 13.8. The van der Waals surface area contributed by atoms with Crippen LogP contribution in [-0.2, 0) is 14.8 Å². The molecule has 10 heteroatoms. The molecule has 0 fully saturated rings. The maximum Gasteiger partial charge on any atom is 0.422 e. The van der Waals surface area contributed by atoms with Crippen LogP contribution in [0.25, 0.3) is 0 Å². The van der Waals surface area contributed by atoms with E-state index in [1.165, 1.54) is 0 Å². The van der Waals surface area contributed by atoms with Crippen molar-refractivity contribution in [3.05, 3.63) is 24.3 Å². The largest absolute Gasteiger partial charge is 0.484 e. The average molecular weight is 369 g/mol. The number of benzene rings is 1. The van der Waals surface area contributed by atoms with Gasteiger partial charge in [0.15, 0.2) is 6.61 Å². The fourth-order valence-electron chi connectivity index (χ4n) is 1.81. The number of halogens is 3. The van der Waals surface area contributed by atoms with Gasteiger partial charge in [0.1, 0.15) is 11.8 Å². The summed E-state index contributed by atoms with van der Waals surface area (Å²) in [5, 5.41) is 9.07. The highest BCUT2D eigenvalue weighted by atomic mass is 32.2. The van der Waals surface area contributed by atoms with Gasteiger partial charge in [-0.15, -0.1) is 0 Å². The van der Waals surface area contributed by atoms with E-state index in [-0.39, 0.29) is 23.0 Å². The molecule has 1 aromatic carbocycles. The molecule has 1 aromatic rings. The lowest BCUT2D eigenvalue weighted by Crippen LogP contribution is -2.41. The van der Waals surface area contributed by atoms with E-state index in [1.54, 1.807) is 13.8 Å². The van der Waals surface area contributed by atoms with Crippen LogP contribution in [-0.4, -0.2) is 38.3 Å². The van der Waals surface area contributed by atoms with Gasteiger partial charge in [0.05, 0.1) is 4.90 Å². The molecule has 0 saturated carbocycles. The van der Waals surface area contributed by atoms with Crippen LogP contribution >= 0.6 is 0 Å². The summed E-state index contributed by atoms with van der Waals surface area (Å²) < 4.78 is 67.0. The zero-order valence-electron chi connectivity index (χ0n) is 13.0. The summed E-state index contributed by atoms with van der Waals surface area (Å²) in [7, 11) is -4.12. The number of carboxylic acid groups (broad SMARTS) is 1. The number of nitrogens with one attached hydrogen (secondary N) is 1. The van der Waals surface area contributed by atoms with Gasteiger partial charge in [-0.1, -0.05) is 13.8 Å². The summed E-state index contributed by atoms with van der Waals surface area (Å²) in [6.45, 7) is 2.00. The number of hydrogen-bond donors (Lipinski definition) is 2. The first-order chi connectivity index (χ1) is 10.9. The molecule has 0 radical (unpaired) electrons. The van der Waals surface area contributed by atoms with Crippen LogP contribution in [0.5, 0.6) is 5.75 Å². The van der Waals surface area contributed by atoms with Gasteiger partial charge in [-0.05, 0) is 36.6 Å². The third kappa shape index (κ3) is 6.75. The van der Waals surface area contributed by atoms with E-state index in [9.17, 15) is 26.4 Å². The molecule has 0 bridgehead atoms. The van der Waals surface area contributed by atoms with Crippen LogP contribution in [0.2, 0.25) is 0 Å². The number of rotatable bonds is 8. The highest BCUT2D eigenvalue weighted by Gasteiger charge is 2.29. The predicted octanol–water partition coefficient (Wildman–Crippen LogP) is 2.41. The summed E-state index contributed by atoms with van der Waals surface area (Å²) in [6.07, 6.45) is -4.40. The minimum absolute atomic E-state index is 0.0491. The number of ether oxygens (including phenoxy) is 1. The van der Waals surface area contributed by atoms with Crippen molar-refractivity contribution in [3.63, 3.8) is 0 Å². The fourth-order valence-corrected chi connectivity index (χ4v) is 3.01. The number of aliphatic carboxylic acids is 1. The summed E-state index contributed by atoms with van der Waals surface area (Å²) >= 11 is 0. The van der Waals surface area contributed by atoms with Crippen LogP contribution in [0.1, 0.15) is 20.3 Å². The van der Waals surface area contributed by atoms with E-state index in [0.29, 0.717) is 0 Å². The predicted molar refractivity (Wildman–Crippen MR) is 79.2 cm³/mol. The lowest BCUT2D eigenvalue weighted by molar-refractivity contribution is -0.153. The van der Waals surface area contributed by atoms with Gasteiger partial charge < -0.3 is 9.84 Å². The summed E-state index contributed by atoms with van der Waals surface area (Å²) in [5.41, 5.74) is 0. The van der Waals surface area contributed by atoms with Crippen molar-refractivity contribution in [2.75, 3.05) is 6.61 Å². The van der Waals surface area contributed by atoms with Gasteiger partial charge in [-0.25, -0.2) is 8.42 Å². The van der Waals surface area contributed by atoms with Gasteiger partial charge in [0, 0.05) is 0 Å². The first-order valence-corrected chi connectivity index (χ1v) is 8.44. The van der Waals surface area contributed by atoms with Crippen LogP contribution in [0.15, 0.2) is 29.2 Å². The molecule has 24 heavy (non-hydrogen) atoms. The molecule has 0 aromatic heterocycles. The molecule has 0 aliphatic heterocycles.